The smallest absolute Gasteiger partial charge is 0.269 e. The summed E-state index contributed by atoms with van der Waals surface area (Å²) in [7, 11) is 1.60. The Bertz CT molecular complexity index is 1170. The molecule has 0 unspecified atom stereocenters. The summed E-state index contributed by atoms with van der Waals surface area (Å²) >= 11 is 1.29. The molecule has 152 valence electrons. The minimum atomic E-state index is -0.467. The van der Waals surface area contributed by atoms with E-state index in [1.807, 2.05) is 24.3 Å². The van der Waals surface area contributed by atoms with E-state index < -0.39 is 4.92 Å². The molecule has 0 amide bonds. The van der Waals surface area contributed by atoms with E-state index in [-0.39, 0.29) is 5.69 Å². The van der Waals surface area contributed by atoms with Crippen molar-refractivity contribution in [3.8, 4) is 28.5 Å². The molecule has 0 atom stereocenters. The highest BCUT2D eigenvalue weighted by atomic mass is 32.2. The fourth-order valence-corrected chi connectivity index (χ4v) is 3.30. The molecule has 0 spiro atoms. The SMILES string of the molecule is COc1ccc(-c2nnc(SCc3nc(-c4ccc([N+](=O)[O-])cc4)no3)n2N)cc1. The lowest BCUT2D eigenvalue weighted by molar-refractivity contribution is -0.384. The molecule has 0 aliphatic rings. The molecule has 11 nitrogen and oxygen atoms in total. The van der Waals surface area contributed by atoms with Crippen LogP contribution >= 0.6 is 11.8 Å². The molecule has 2 aromatic carbocycles. The molecule has 0 aliphatic heterocycles. The summed E-state index contributed by atoms with van der Waals surface area (Å²) in [5.74, 6) is 8.40. The van der Waals surface area contributed by atoms with E-state index in [9.17, 15) is 10.1 Å². The minimum absolute atomic E-state index is 0.00651. The number of non-ortho nitro benzene ring substituents is 1. The zero-order valence-electron chi connectivity index (χ0n) is 15.6. The van der Waals surface area contributed by atoms with Gasteiger partial charge >= 0.3 is 0 Å². The van der Waals surface area contributed by atoms with Gasteiger partial charge in [0.25, 0.3) is 5.69 Å². The Kier molecular flexibility index (Phi) is 5.30. The number of nitrogen functional groups attached to an aromatic ring is 1. The largest absolute Gasteiger partial charge is 0.497 e. The van der Waals surface area contributed by atoms with Crippen LogP contribution in [-0.2, 0) is 5.75 Å². The highest BCUT2D eigenvalue weighted by Crippen LogP contribution is 2.26. The Hall–Kier alpha value is -3.93. The standard InChI is InChI=1S/C18H15N7O4S/c1-28-14-8-4-12(5-9-14)17-21-22-18(24(17)19)30-10-15-20-16(23-29-15)11-2-6-13(7-3-11)25(26)27/h2-9H,10,19H2,1H3. The third-order valence-corrected chi connectivity index (χ3v) is 5.07. The van der Waals surface area contributed by atoms with Gasteiger partial charge in [-0.05, 0) is 36.4 Å². The van der Waals surface area contributed by atoms with Gasteiger partial charge in [-0.3, -0.25) is 10.1 Å². The summed E-state index contributed by atoms with van der Waals surface area (Å²) in [5.41, 5.74) is 1.41. The van der Waals surface area contributed by atoms with Crippen molar-refractivity contribution in [2.75, 3.05) is 13.0 Å². The van der Waals surface area contributed by atoms with Gasteiger partial charge in [0, 0.05) is 23.3 Å². The van der Waals surface area contributed by atoms with E-state index in [0.717, 1.165) is 11.3 Å². The number of ether oxygens (including phenoxy) is 1. The zero-order valence-corrected chi connectivity index (χ0v) is 16.4. The molecule has 0 radical (unpaired) electrons. The van der Waals surface area contributed by atoms with Crippen molar-refractivity contribution in [2.24, 2.45) is 0 Å². The molecule has 0 fully saturated rings. The van der Waals surface area contributed by atoms with Crippen molar-refractivity contribution in [1.29, 1.82) is 0 Å². The summed E-state index contributed by atoms with van der Waals surface area (Å²) in [5, 5.41) is 23.4. The number of methoxy groups -OCH3 is 1. The van der Waals surface area contributed by atoms with Gasteiger partial charge < -0.3 is 15.1 Å². The molecule has 0 saturated heterocycles. The van der Waals surface area contributed by atoms with Gasteiger partial charge in [0.1, 0.15) is 5.75 Å². The zero-order chi connectivity index (χ0) is 21.1. The molecule has 4 aromatic rings. The van der Waals surface area contributed by atoms with Crippen LogP contribution < -0.4 is 10.6 Å². The van der Waals surface area contributed by atoms with Crippen LogP contribution in [0, 0.1) is 10.1 Å². The number of nitrogens with two attached hydrogens (primary N) is 1. The lowest BCUT2D eigenvalue weighted by atomic mass is 10.2. The number of rotatable bonds is 7. The number of thioether (sulfide) groups is 1. The number of aromatic nitrogens is 5. The molecule has 30 heavy (non-hydrogen) atoms. The molecule has 0 saturated carbocycles. The van der Waals surface area contributed by atoms with Crippen LogP contribution in [0.2, 0.25) is 0 Å². The molecule has 0 aliphatic carbocycles. The lowest BCUT2D eigenvalue weighted by Crippen LogP contribution is -2.11. The first-order valence-electron chi connectivity index (χ1n) is 8.60. The molecule has 2 heterocycles. The molecule has 0 bridgehead atoms. The van der Waals surface area contributed by atoms with Crippen molar-refractivity contribution >= 4 is 17.4 Å². The van der Waals surface area contributed by atoms with Gasteiger partial charge in [-0.1, -0.05) is 16.9 Å². The Morgan fingerprint density at radius 3 is 2.50 bits per heavy atom. The summed E-state index contributed by atoms with van der Waals surface area (Å²) in [4.78, 5) is 14.6. The van der Waals surface area contributed by atoms with Crippen LogP contribution in [-0.4, -0.2) is 37.0 Å². The molecular weight excluding hydrogens is 410 g/mol. The summed E-state index contributed by atoms with van der Waals surface area (Å²) < 4.78 is 11.8. The average molecular weight is 425 g/mol. The second kappa shape index (κ2) is 8.21. The fraction of sp³-hybridized carbons (Fsp3) is 0.111. The van der Waals surface area contributed by atoms with Crippen molar-refractivity contribution in [2.45, 2.75) is 10.9 Å². The maximum absolute atomic E-state index is 10.7. The van der Waals surface area contributed by atoms with Crippen molar-refractivity contribution in [3.63, 3.8) is 0 Å². The number of nitro groups is 1. The second-order valence-corrected chi connectivity index (χ2v) is 6.95. The van der Waals surface area contributed by atoms with E-state index in [1.54, 1.807) is 19.2 Å². The van der Waals surface area contributed by atoms with Crippen molar-refractivity contribution in [1.82, 2.24) is 25.0 Å². The number of nitrogens with zero attached hydrogens (tertiary/aromatic N) is 6. The highest BCUT2D eigenvalue weighted by Gasteiger charge is 2.15. The normalized spacial score (nSPS) is 10.8. The van der Waals surface area contributed by atoms with Gasteiger partial charge in [-0.15, -0.1) is 10.2 Å². The van der Waals surface area contributed by atoms with E-state index in [1.165, 1.54) is 28.6 Å². The molecular formula is C18H15N7O4S. The molecule has 2 N–H and O–H groups in total. The Morgan fingerprint density at radius 2 is 1.83 bits per heavy atom. The first-order valence-corrected chi connectivity index (χ1v) is 9.59. The Balaban J connectivity index is 1.44. The van der Waals surface area contributed by atoms with Crippen LogP contribution in [0.5, 0.6) is 5.75 Å². The van der Waals surface area contributed by atoms with Crippen LogP contribution in [0.1, 0.15) is 5.89 Å². The predicted molar refractivity (Wildman–Crippen MR) is 108 cm³/mol. The average Bonchev–Trinajstić information content (AvgIpc) is 3.39. The third kappa shape index (κ3) is 3.93. The second-order valence-electron chi connectivity index (χ2n) is 6.01. The van der Waals surface area contributed by atoms with E-state index in [2.05, 4.69) is 20.3 Å². The molecule has 2 aromatic heterocycles. The van der Waals surface area contributed by atoms with Crippen LogP contribution in [0.15, 0.2) is 58.2 Å². The summed E-state index contributed by atoms with van der Waals surface area (Å²) in [6.45, 7) is 0. The summed E-state index contributed by atoms with van der Waals surface area (Å²) in [6, 6.07) is 13.2. The Labute approximate surface area is 174 Å². The van der Waals surface area contributed by atoms with Gasteiger partial charge in [0.15, 0.2) is 5.82 Å². The van der Waals surface area contributed by atoms with Crippen molar-refractivity contribution < 1.29 is 14.2 Å². The fourth-order valence-electron chi connectivity index (χ4n) is 2.60. The first kappa shape index (κ1) is 19.4. The molecule has 12 heteroatoms. The number of nitro benzene ring substituents is 1. The maximum Gasteiger partial charge on any atom is 0.269 e. The number of hydrogen-bond donors (Lipinski definition) is 1. The van der Waals surface area contributed by atoms with Crippen LogP contribution in [0.4, 0.5) is 5.69 Å². The topological polar surface area (TPSA) is 148 Å². The van der Waals surface area contributed by atoms with Crippen LogP contribution in [0.3, 0.4) is 0 Å². The van der Waals surface area contributed by atoms with E-state index in [4.69, 9.17) is 15.1 Å². The van der Waals surface area contributed by atoms with Gasteiger partial charge in [0.05, 0.1) is 17.8 Å². The van der Waals surface area contributed by atoms with Gasteiger partial charge in [0.2, 0.25) is 16.9 Å². The highest BCUT2D eigenvalue weighted by molar-refractivity contribution is 7.98. The summed E-state index contributed by atoms with van der Waals surface area (Å²) in [6.07, 6.45) is 0. The third-order valence-electron chi connectivity index (χ3n) is 4.14. The van der Waals surface area contributed by atoms with Crippen LogP contribution in [0.25, 0.3) is 22.8 Å². The van der Waals surface area contributed by atoms with Crippen molar-refractivity contribution in [3.05, 3.63) is 64.5 Å². The predicted octanol–water partition coefficient (Wildman–Crippen LogP) is 2.92. The first-order chi connectivity index (χ1) is 14.5. The van der Waals surface area contributed by atoms with Gasteiger partial charge in [-0.2, -0.15) is 4.98 Å². The number of hydrogen-bond acceptors (Lipinski definition) is 10. The maximum atomic E-state index is 10.7. The lowest BCUT2D eigenvalue weighted by Gasteiger charge is -2.04. The van der Waals surface area contributed by atoms with E-state index in [0.29, 0.717) is 34.0 Å². The minimum Gasteiger partial charge on any atom is -0.497 e. The molecule has 4 rings (SSSR count). The monoisotopic (exact) mass is 425 g/mol. The van der Waals surface area contributed by atoms with Gasteiger partial charge in [-0.25, -0.2) is 4.68 Å². The van der Waals surface area contributed by atoms with E-state index >= 15 is 0 Å². The Morgan fingerprint density at radius 1 is 1.13 bits per heavy atom. The number of benzene rings is 2. The quantitative estimate of drug-likeness (QED) is 0.203.